The molecule has 0 heterocycles. The highest BCUT2D eigenvalue weighted by atomic mass is 32.2. The molecular formula is C18H23NOS. The molecule has 21 heavy (non-hydrogen) atoms. The summed E-state index contributed by atoms with van der Waals surface area (Å²) >= 11 is 1.91. The van der Waals surface area contributed by atoms with Crippen LogP contribution in [-0.2, 0) is 6.42 Å². The molecule has 0 amide bonds. The maximum absolute atomic E-state index is 5.44. The van der Waals surface area contributed by atoms with Gasteiger partial charge in [-0.2, -0.15) is 0 Å². The number of hydrogen-bond donors (Lipinski definition) is 1. The van der Waals surface area contributed by atoms with Crippen molar-refractivity contribution in [3.05, 3.63) is 59.7 Å². The fourth-order valence-corrected chi connectivity index (χ4v) is 3.43. The van der Waals surface area contributed by atoms with Crippen molar-refractivity contribution >= 4 is 11.8 Å². The Morgan fingerprint density at radius 1 is 1.10 bits per heavy atom. The van der Waals surface area contributed by atoms with E-state index < -0.39 is 0 Å². The molecule has 0 fully saturated rings. The smallest absolute Gasteiger partial charge is 0.122 e. The summed E-state index contributed by atoms with van der Waals surface area (Å²) in [6.45, 7) is 2.16. The second kappa shape index (κ2) is 8.11. The van der Waals surface area contributed by atoms with E-state index in [1.165, 1.54) is 16.0 Å². The molecule has 1 N–H and O–H groups in total. The fourth-order valence-electron chi connectivity index (χ4n) is 2.29. The summed E-state index contributed by atoms with van der Waals surface area (Å²) in [5.74, 6) is 2.01. The van der Waals surface area contributed by atoms with Gasteiger partial charge in [0.2, 0.25) is 0 Å². The predicted octanol–water partition coefficient (Wildman–Crippen LogP) is 3.93. The monoisotopic (exact) mass is 301 g/mol. The number of rotatable bonds is 7. The first-order valence-corrected chi connectivity index (χ1v) is 8.20. The number of likely N-dealkylation sites (N-methyl/N-ethyl adjacent to an activating group) is 1. The van der Waals surface area contributed by atoms with Gasteiger partial charge < -0.3 is 10.1 Å². The third kappa shape index (κ3) is 4.51. The summed E-state index contributed by atoms with van der Waals surface area (Å²) in [6.07, 6.45) is 0.972. The number of aryl methyl sites for hydroxylation is 1. The van der Waals surface area contributed by atoms with Gasteiger partial charge in [-0.25, -0.2) is 0 Å². The first-order valence-electron chi connectivity index (χ1n) is 7.22. The molecule has 0 aromatic heterocycles. The average Bonchev–Trinajstić information content (AvgIpc) is 2.53. The van der Waals surface area contributed by atoms with Crippen LogP contribution < -0.4 is 10.1 Å². The van der Waals surface area contributed by atoms with E-state index in [1.54, 1.807) is 7.11 Å². The maximum atomic E-state index is 5.44. The lowest BCUT2D eigenvalue weighted by atomic mass is 10.1. The van der Waals surface area contributed by atoms with Crippen LogP contribution in [-0.4, -0.2) is 26.0 Å². The van der Waals surface area contributed by atoms with Crippen molar-refractivity contribution < 1.29 is 4.74 Å². The number of benzene rings is 2. The summed E-state index contributed by atoms with van der Waals surface area (Å²) < 4.78 is 5.44. The highest BCUT2D eigenvalue weighted by Crippen LogP contribution is 2.25. The minimum Gasteiger partial charge on any atom is -0.496 e. The molecule has 0 aliphatic heterocycles. The van der Waals surface area contributed by atoms with Crippen LogP contribution in [0.15, 0.2) is 53.4 Å². The first-order chi connectivity index (χ1) is 10.2. The van der Waals surface area contributed by atoms with Gasteiger partial charge in [-0.15, -0.1) is 11.8 Å². The normalized spacial score (nSPS) is 12.1. The van der Waals surface area contributed by atoms with Crippen molar-refractivity contribution in [2.45, 2.75) is 24.3 Å². The Bertz CT molecular complexity index is 571. The minimum absolute atomic E-state index is 0.422. The van der Waals surface area contributed by atoms with Crippen LogP contribution in [0.1, 0.15) is 11.1 Å². The zero-order valence-corrected chi connectivity index (χ0v) is 13.7. The number of ether oxygens (including phenoxy) is 1. The van der Waals surface area contributed by atoms with Gasteiger partial charge in [0.1, 0.15) is 5.75 Å². The van der Waals surface area contributed by atoms with E-state index in [0.29, 0.717) is 6.04 Å². The Hall–Kier alpha value is -1.45. The van der Waals surface area contributed by atoms with Gasteiger partial charge in [0, 0.05) is 16.7 Å². The van der Waals surface area contributed by atoms with Crippen LogP contribution in [0.5, 0.6) is 5.75 Å². The molecule has 2 rings (SSSR count). The Balaban J connectivity index is 1.99. The summed E-state index contributed by atoms with van der Waals surface area (Å²) in [4.78, 5) is 1.36. The zero-order chi connectivity index (χ0) is 15.1. The summed E-state index contributed by atoms with van der Waals surface area (Å²) in [6, 6.07) is 17.2. The second-order valence-corrected chi connectivity index (χ2v) is 6.14. The standard InChI is InChI=1S/C18H23NOS/c1-14-8-4-7-11-18(14)21-13-16(19-2)12-15-9-5-6-10-17(15)20-3/h4-11,16,19H,12-13H2,1-3H3. The van der Waals surface area contributed by atoms with Gasteiger partial charge in [-0.05, 0) is 43.7 Å². The van der Waals surface area contributed by atoms with Gasteiger partial charge in [0.05, 0.1) is 7.11 Å². The number of methoxy groups -OCH3 is 1. The summed E-state index contributed by atoms with van der Waals surface area (Å²) in [7, 11) is 3.76. The molecule has 1 atom stereocenters. The topological polar surface area (TPSA) is 21.3 Å². The van der Waals surface area contributed by atoms with Crippen molar-refractivity contribution in [1.29, 1.82) is 0 Å². The first kappa shape index (κ1) is 15.9. The molecule has 0 bridgehead atoms. The van der Waals surface area contributed by atoms with Gasteiger partial charge in [-0.3, -0.25) is 0 Å². The molecule has 3 heteroatoms. The van der Waals surface area contributed by atoms with Crippen molar-refractivity contribution in [2.75, 3.05) is 19.9 Å². The van der Waals surface area contributed by atoms with Gasteiger partial charge in [-0.1, -0.05) is 36.4 Å². The lowest BCUT2D eigenvalue weighted by Gasteiger charge is -2.18. The van der Waals surface area contributed by atoms with Crippen molar-refractivity contribution in [3.63, 3.8) is 0 Å². The van der Waals surface area contributed by atoms with Crippen LogP contribution >= 0.6 is 11.8 Å². The molecule has 0 radical (unpaired) electrons. The number of para-hydroxylation sites is 1. The largest absolute Gasteiger partial charge is 0.496 e. The van der Waals surface area contributed by atoms with E-state index in [4.69, 9.17) is 4.74 Å². The van der Waals surface area contributed by atoms with E-state index in [2.05, 4.69) is 48.6 Å². The summed E-state index contributed by atoms with van der Waals surface area (Å²) in [5.41, 5.74) is 2.60. The lowest BCUT2D eigenvalue weighted by molar-refractivity contribution is 0.407. The molecule has 0 spiro atoms. The van der Waals surface area contributed by atoms with E-state index in [-0.39, 0.29) is 0 Å². The average molecular weight is 301 g/mol. The lowest BCUT2D eigenvalue weighted by Crippen LogP contribution is -2.30. The van der Waals surface area contributed by atoms with Crippen molar-refractivity contribution in [2.24, 2.45) is 0 Å². The molecule has 2 aromatic carbocycles. The van der Waals surface area contributed by atoms with E-state index in [0.717, 1.165) is 17.9 Å². The molecular weight excluding hydrogens is 278 g/mol. The van der Waals surface area contributed by atoms with Crippen molar-refractivity contribution in [3.8, 4) is 5.75 Å². The quantitative estimate of drug-likeness (QED) is 0.783. The molecule has 0 saturated carbocycles. The van der Waals surface area contributed by atoms with Crippen LogP contribution in [0.3, 0.4) is 0 Å². The molecule has 0 aliphatic rings. The van der Waals surface area contributed by atoms with Crippen LogP contribution in [0, 0.1) is 6.92 Å². The van der Waals surface area contributed by atoms with Gasteiger partial charge in [0.25, 0.3) is 0 Å². The Labute approximate surface area is 131 Å². The molecule has 0 saturated heterocycles. The third-order valence-electron chi connectivity index (χ3n) is 3.60. The highest BCUT2D eigenvalue weighted by molar-refractivity contribution is 7.99. The van der Waals surface area contributed by atoms with Crippen LogP contribution in [0.4, 0.5) is 0 Å². The van der Waals surface area contributed by atoms with E-state index in [9.17, 15) is 0 Å². The van der Waals surface area contributed by atoms with E-state index >= 15 is 0 Å². The van der Waals surface area contributed by atoms with Crippen LogP contribution in [0.25, 0.3) is 0 Å². The van der Waals surface area contributed by atoms with Crippen LogP contribution in [0.2, 0.25) is 0 Å². The van der Waals surface area contributed by atoms with Crippen molar-refractivity contribution in [1.82, 2.24) is 5.32 Å². The molecule has 1 unspecified atom stereocenters. The zero-order valence-electron chi connectivity index (χ0n) is 12.9. The molecule has 112 valence electrons. The van der Waals surface area contributed by atoms with Gasteiger partial charge in [0.15, 0.2) is 0 Å². The second-order valence-electron chi connectivity index (χ2n) is 5.08. The maximum Gasteiger partial charge on any atom is 0.122 e. The Kier molecular flexibility index (Phi) is 6.15. The fraction of sp³-hybridized carbons (Fsp3) is 0.333. The van der Waals surface area contributed by atoms with Gasteiger partial charge >= 0.3 is 0 Å². The van der Waals surface area contributed by atoms with E-state index in [1.807, 2.05) is 30.9 Å². The highest BCUT2D eigenvalue weighted by Gasteiger charge is 2.11. The molecule has 2 nitrogen and oxygen atoms in total. The Morgan fingerprint density at radius 3 is 2.52 bits per heavy atom. The number of nitrogens with one attached hydrogen (secondary N) is 1. The molecule has 0 aliphatic carbocycles. The number of hydrogen-bond acceptors (Lipinski definition) is 3. The third-order valence-corrected chi connectivity index (χ3v) is 4.94. The number of thioether (sulfide) groups is 1. The predicted molar refractivity (Wildman–Crippen MR) is 91.4 cm³/mol. The minimum atomic E-state index is 0.422. The summed E-state index contributed by atoms with van der Waals surface area (Å²) in [5, 5.41) is 3.42. The molecule has 2 aromatic rings. The Morgan fingerprint density at radius 2 is 1.81 bits per heavy atom. The SMILES string of the molecule is CNC(CSc1ccccc1C)Cc1ccccc1OC.